The van der Waals surface area contributed by atoms with Gasteiger partial charge in [-0.15, -0.1) is 0 Å². The Bertz CT molecular complexity index is 1370. The SMILES string of the molecule is N[C@@H]1CC(=O)N(c2ccc(S(=O)(=O)N3CCN(c4cc(C(F)(F)[C@]56CNC[C@H]5C6)cc(Cl)n4)CC3)cc2)C1. The fourth-order valence-electron chi connectivity index (χ4n) is 6.03. The second-order valence-electron chi connectivity index (χ2n) is 10.7. The summed E-state index contributed by atoms with van der Waals surface area (Å²) in [4.78, 5) is 19.8. The Balaban J connectivity index is 1.15. The molecule has 3 saturated heterocycles. The highest BCUT2D eigenvalue weighted by atomic mass is 35.5. The van der Waals surface area contributed by atoms with Crippen molar-refractivity contribution in [3.8, 4) is 0 Å². The summed E-state index contributed by atoms with van der Waals surface area (Å²) in [5.41, 5.74) is 5.25. The van der Waals surface area contributed by atoms with Gasteiger partial charge < -0.3 is 20.9 Å². The predicted octanol–water partition coefficient (Wildman–Crippen LogP) is 2.01. The third kappa shape index (κ3) is 4.17. The molecule has 3 N–H and O–H groups in total. The van der Waals surface area contributed by atoms with E-state index in [4.69, 9.17) is 17.3 Å². The molecule has 6 rings (SSSR count). The molecule has 13 heteroatoms. The van der Waals surface area contributed by atoms with E-state index in [-0.39, 0.29) is 72.6 Å². The van der Waals surface area contributed by atoms with E-state index in [9.17, 15) is 13.2 Å². The molecule has 2 aromatic rings. The van der Waals surface area contributed by atoms with Crippen LogP contribution in [0.5, 0.6) is 0 Å². The Morgan fingerprint density at radius 2 is 1.84 bits per heavy atom. The Morgan fingerprint density at radius 3 is 2.42 bits per heavy atom. The lowest BCUT2D eigenvalue weighted by atomic mass is 9.91. The third-order valence-corrected chi connectivity index (χ3v) is 10.4. The molecule has 1 aliphatic carbocycles. The monoisotopic (exact) mass is 566 g/mol. The van der Waals surface area contributed by atoms with Gasteiger partial charge in [-0.1, -0.05) is 11.6 Å². The van der Waals surface area contributed by atoms with Gasteiger partial charge in [0.05, 0.1) is 10.3 Å². The normalized spacial score (nSPS) is 28.2. The van der Waals surface area contributed by atoms with Crippen molar-refractivity contribution in [2.75, 3.05) is 55.6 Å². The number of piperidine rings is 1. The van der Waals surface area contributed by atoms with Crippen LogP contribution in [-0.2, 0) is 20.7 Å². The molecule has 1 amide bonds. The molecule has 1 saturated carbocycles. The van der Waals surface area contributed by atoms with Crippen molar-refractivity contribution in [3.63, 3.8) is 0 Å². The van der Waals surface area contributed by atoms with Crippen molar-refractivity contribution in [2.45, 2.75) is 29.7 Å². The maximum absolute atomic E-state index is 15.5. The van der Waals surface area contributed by atoms with Gasteiger partial charge >= 0.3 is 0 Å². The smallest absolute Gasteiger partial charge is 0.280 e. The lowest BCUT2D eigenvalue weighted by Gasteiger charge is -2.35. The van der Waals surface area contributed by atoms with Crippen molar-refractivity contribution >= 4 is 39.0 Å². The number of sulfonamides is 1. The van der Waals surface area contributed by atoms with Crippen LogP contribution in [0.2, 0.25) is 5.15 Å². The van der Waals surface area contributed by atoms with Gasteiger partial charge in [0, 0.05) is 63.0 Å². The minimum absolute atomic E-state index is 0.00990. The largest absolute Gasteiger partial charge is 0.354 e. The molecule has 4 aliphatic rings. The van der Waals surface area contributed by atoms with Crippen molar-refractivity contribution < 1.29 is 22.0 Å². The fraction of sp³-hybridized carbons (Fsp3) is 0.520. The van der Waals surface area contributed by atoms with E-state index in [0.29, 0.717) is 31.0 Å². The number of nitrogens with one attached hydrogen (secondary N) is 1. The highest BCUT2D eigenvalue weighted by Crippen LogP contribution is 2.67. The Morgan fingerprint density at radius 1 is 1.13 bits per heavy atom. The highest BCUT2D eigenvalue weighted by molar-refractivity contribution is 7.89. The first kappa shape index (κ1) is 25.9. The number of nitrogens with zero attached hydrogens (tertiary/aromatic N) is 4. The summed E-state index contributed by atoms with van der Waals surface area (Å²) < 4.78 is 59.0. The van der Waals surface area contributed by atoms with Crippen LogP contribution in [0.25, 0.3) is 0 Å². The number of pyridine rings is 1. The maximum Gasteiger partial charge on any atom is 0.280 e. The average Bonchev–Trinajstić information content (AvgIpc) is 3.29. The van der Waals surface area contributed by atoms with Gasteiger partial charge in [0.25, 0.3) is 5.92 Å². The number of anilines is 2. The number of nitrogens with two attached hydrogens (primary N) is 1. The van der Waals surface area contributed by atoms with Crippen LogP contribution in [0.1, 0.15) is 18.4 Å². The lowest BCUT2D eigenvalue weighted by Crippen LogP contribution is -2.49. The van der Waals surface area contributed by atoms with Crippen LogP contribution in [0.15, 0.2) is 41.3 Å². The van der Waals surface area contributed by atoms with Crippen LogP contribution < -0.4 is 20.9 Å². The van der Waals surface area contributed by atoms with E-state index in [1.807, 2.05) is 0 Å². The van der Waals surface area contributed by atoms with Gasteiger partial charge in [0.15, 0.2) is 0 Å². The van der Waals surface area contributed by atoms with Crippen molar-refractivity contribution in [1.82, 2.24) is 14.6 Å². The molecule has 3 atom stereocenters. The minimum Gasteiger partial charge on any atom is -0.354 e. The molecule has 1 aromatic carbocycles. The number of rotatable bonds is 6. The molecule has 0 spiro atoms. The minimum atomic E-state index is -3.78. The zero-order chi connectivity index (χ0) is 26.9. The first-order valence-electron chi connectivity index (χ1n) is 12.7. The molecular weight excluding hydrogens is 538 g/mol. The first-order valence-corrected chi connectivity index (χ1v) is 14.5. The second-order valence-corrected chi connectivity index (χ2v) is 13.0. The summed E-state index contributed by atoms with van der Waals surface area (Å²) in [6.45, 7) is 2.18. The standard InChI is InChI=1S/C25H29ClF2N6O3S/c26-21-9-16(25(27,28)24-12-17(24)13-30-15-24)10-22(31-21)32-5-7-33(8-6-32)38(36,37)20-3-1-19(2-4-20)34-14-18(29)11-23(34)35/h1-4,9-10,17-18,30H,5-8,11-15,29H2/t17-,18-,24-/m1/s1. The Kier molecular flexibility index (Phi) is 6.19. The van der Waals surface area contributed by atoms with Gasteiger partial charge in [-0.3, -0.25) is 4.79 Å². The number of fused-ring (bicyclic) bond motifs is 1. The topological polar surface area (TPSA) is 112 Å². The number of halogens is 3. The molecule has 9 nitrogen and oxygen atoms in total. The number of aromatic nitrogens is 1. The summed E-state index contributed by atoms with van der Waals surface area (Å²) in [6.07, 6.45) is 0.755. The number of hydrogen-bond acceptors (Lipinski definition) is 7. The summed E-state index contributed by atoms with van der Waals surface area (Å²) in [7, 11) is -3.78. The molecule has 4 fully saturated rings. The molecule has 0 bridgehead atoms. The molecule has 204 valence electrons. The van der Waals surface area contributed by atoms with Crippen LogP contribution in [-0.4, -0.2) is 75.5 Å². The van der Waals surface area contributed by atoms with Crippen LogP contribution in [0, 0.1) is 11.3 Å². The highest BCUT2D eigenvalue weighted by Gasteiger charge is 2.71. The van der Waals surface area contributed by atoms with Crippen molar-refractivity contribution in [3.05, 3.63) is 47.1 Å². The van der Waals surface area contributed by atoms with Crippen LogP contribution in [0.4, 0.5) is 20.3 Å². The average molecular weight is 567 g/mol. The van der Waals surface area contributed by atoms with E-state index in [2.05, 4.69) is 10.3 Å². The molecule has 38 heavy (non-hydrogen) atoms. The number of piperazine rings is 1. The summed E-state index contributed by atoms with van der Waals surface area (Å²) in [5.74, 6) is -2.84. The lowest BCUT2D eigenvalue weighted by molar-refractivity contribution is -0.117. The maximum atomic E-state index is 15.5. The van der Waals surface area contributed by atoms with Crippen LogP contribution in [0.3, 0.4) is 0 Å². The van der Waals surface area contributed by atoms with E-state index < -0.39 is 21.4 Å². The Hall–Kier alpha value is -2.38. The summed E-state index contributed by atoms with van der Waals surface area (Å²) in [5, 5.41) is 3.05. The number of carbonyl (C=O) groups is 1. The molecular formula is C25H29ClF2N6O3S. The molecule has 1 aromatic heterocycles. The number of amides is 1. The third-order valence-electron chi connectivity index (χ3n) is 8.34. The fourth-order valence-corrected chi connectivity index (χ4v) is 7.66. The first-order chi connectivity index (χ1) is 18.0. The number of benzene rings is 1. The molecule has 0 unspecified atom stereocenters. The van der Waals surface area contributed by atoms with Gasteiger partial charge in [0.2, 0.25) is 15.9 Å². The number of hydrogen-bond donors (Lipinski definition) is 2. The molecule has 4 heterocycles. The van der Waals surface area contributed by atoms with Gasteiger partial charge in [0.1, 0.15) is 11.0 Å². The van der Waals surface area contributed by atoms with Crippen molar-refractivity contribution in [1.29, 1.82) is 0 Å². The molecule has 0 radical (unpaired) electrons. The van der Waals surface area contributed by atoms with E-state index in [0.717, 1.165) is 0 Å². The summed E-state index contributed by atoms with van der Waals surface area (Å²) in [6, 6.07) is 8.60. The zero-order valence-corrected chi connectivity index (χ0v) is 22.2. The van der Waals surface area contributed by atoms with Gasteiger partial charge in [-0.25, -0.2) is 22.2 Å². The van der Waals surface area contributed by atoms with Crippen molar-refractivity contribution in [2.24, 2.45) is 17.1 Å². The molecule has 3 aliphatic heterocycles. The van der Waals surface area contributed by atoms with Gasteiger partial charge in [-0.05, 0) is 55.3 Å². The van der Waals surface area contributed by atoms with E-state index in [1.165, 1.54) is 28.6 Å². The van der Waals surface area contributed by atoms with E-state index in [1.54, 1.807) is 21.9 Å². The van der Waals surface area contributed by atoms with Gasteiger partial charge in [-0.2, -0.15) is 4.31 Å². The van der Waals surface area contributed by atoms with E-state index >= 15 is 8.78 Å². The van der Waals surface area contributed by atoms with Crippen LogP contribution >= 0.6 is 11.6 Å². The summed E-state index contributed by atoms with van der Waals surface area (Å²) >= 11 is 6.17. The number of alkyl halides is 2. The zero-order valence-electron chi connectivity index (χ0n) is 20.6. The predicted molar refractivity (Wildman–Crippen MR) is 139 cm³/mol. The number of carbonyl (C=O) groups excluding carboxylic acids is 1. The Labute approximate surface area is 225 Å². The quantitative estimate of drug-likeness (QED) is 0.515. The second kappa shape index (κ2) is 9.09.